The molecule has 1 saturated heterocycles. The van der Waals surface area contributed by atoms with Gasteiger partial charge in [0, 0.05) is 24.5 Å². The van der Waals surface area contributed by atoms with Gasteiger partial charge in [-0.3, -0.25) is 14.6 Å². The van der Waals surface area contributed by atoms with Gasteiger partial charge in [0.1, 0.15) is 11.6 Å². The first-order chi connectivity index (χ1) is 16.0. The van der Waals surface area contributed by atoms with E-state index in [1.807, 2.05) is 30.3 Å². The van der Waals surface area contributed by atoms with E-state index in [1.54, 1.807) is 48.8 Å². The zero-order chi connectivity index (χ0) is 22.9. The molecule has 1 aliphatic heterocycles. The van der Waals surface area contributed by atoms with Gasteiger partial charge in [-0.15, -0.1) is 0 Å². The Morgan fingerprint density at radius 3 is 2.33 bits per heavy atom. The summed E-state index contributed by atoms with van der Waals surface area (Å²) in [5.41, 5.74) is 1.79. The van der Waals surface area contributed by atoms with Gasteiger partial charge in [-0.2, -0.15) is 0 Å². The van der Waals surface area contributed by atoms with Gasteiger partial charge in [0.05, 0.1) is 11.6 Å². The Labute approximate surface area is 189 Å². The molecule has 0 aliphatic carbocycles. The van der Waals surface area contributed by atoms with Gasteiger partial charge < -0.3 is 10.0 Å². The van der Waals surface area contributed by atoms with Crippen LogP contribution in [-0.2, 0) is 16.1 Å². The number of hydrogen-bond acceptors (Lipinski definition) is 4. The normalized spacial score (nSPS) is 17.6. The third-order valence-corrected chi connectivity index (χ3v) is 5.85. The van der Waals surface area contributed by atoms with E-state index >= 15 is 0 Å². The smallest absolute Gasteiger partial charge is 0.295 e. The molecule has 0 radical (unpaired) electrons. The summed E-state index contributed by atoms with van der Waals surface area (Å²) in [4.78, 5) is 31.6. The number of aliphatic hydroxyl groups is 1. The molecule has 1 N–H and O–H groups in total. The molecule has 0 bridgehead atoms. The lowest BCUT2D eigenvalue weighted by molar-refractivity contribution is -0.140. The lowest BCUT2D eigenvalue weighted by Gasteiger charge is -2.25. The Balaban J connectivity index is 1.64. The number of pyridine rings is 1. The summed E-state index contributed by atoms with van der Waals surface area (Å²) in [5.74, 6) is -2.10. The molecule has 3 aromatic carbocycles. The zero-order valence-electron chi connectivity index (χ0n) is 17.5. The maximum absolute atomic E-state index is 13.4. The Morgan fingerprint density at radius 2 is 1.61 bits per heavy atom. The monoisotopic (exact) mass is 438 g/mol. The fourth-order valence-electron chi connectivity index (χ4n) is 4.21. The Hall–Kier alpha value is -4.32. The number of nitrogens with zero attached hydrogens (tertiary/aromatic N) is 2. The Morgan fingerprint density at radius 1 is 0.909 bits per heavy atom. The van der Waals surface area contributed by atoms with Crippen LogP contribution in [0.5, 0.6) is 0 Å². The van der Waals surface area contributed by atoms with E-state index in [0.29, 0.717) is 16.7 Å². The minimum absolute atomic E-state index is 0.0172. The lowest BCUT2D eigenvalue weighted by Crippen LogP contribution is -2.29. The molecule has 1 fully saturated rings. The van der Waals surface area contributed by atoms with Crippen LogP contribution in [0.2, 0.25) is 0 Å². The van der Waals surface area contributed by atoms with Crippen molar-refractivity contribution >= 4 is 28.2 Å². The molecule has 0 saturated carbocycles. The van der Waals surface area contributed by atoms with Crippen molar-refractivity contribution in [3.63, 3.8) is 0 Å². The number of aliphatic hydroxyl groups excluding tert-OH is 1. The number of ketones is 1. The molecule has 0 spiro atoms. The third-order valence-electron chi connectivity index (χ3n) is 5.85. The zero-order valence-corrected chi connectivity index (χ0v) is 17.5. The van der Waals surface area contributed by atoms with E-state index in [9.17, 15) is 19.1 Å². The molecular weight excluding hydrogens is 419 g/mol. The van der Waals surface area contributed by atoms with Crippen LogP contribution in [0, 0.1) is 5.82 Å². The van der Waals surface area contributed by atoms with Crippen molar-refractivity contribution < 1.29 is 19.1 Å². The van der Waals surface area contributed by atoms with Crippen LogP contribution in [0.1, 0.15) is 22.7 Å². The molecule has 1 atom stereocenters. The predicted octanol–water partition coefficient (Wildman–Crippen LogP) is 5.00. The molecule has 1 unspecified atom stereocenters. The summed E-state index contributed by atoms with van der Waals surface area (Å²) in [6, 6.07) is 21.5. The van der Waals surface area contributed by atoms with Crippen molar-refractivity contribution in [3.05, 3.63) is 119 Å². The second kappa shape index (κ2) is 8.31. The average Bonchev–Trinajstić information content (AvgIpc) is 3.10. The average molecular weight is 438 g/mol. The van der Waals surface area contributed by atoms with E-state index in [4.69, 9.17) is 0 Å². The number of Topliss-reactive ketones (excluding diaryl/α,β-unsaturated/α-hetero) is 1. The first-order valence-corrected chi connectivity index (χ1v) is 10.4. The second-order valence-corrected chi connectivity index (χ2v) is 7.90. The first-order valence-electron chi connectivity index (χ1n) is 10.4. The van der Waals surface area contributed by atoms with Gasteiger partial charge in [0.2, 0.25) is 0 Å². The van der Waals surface area contributed by atoms with E-state index in [2.05, 4.69) is 4.98 Å². The van der Waals surface area contributed by atoms with Gasteiger partial charge in [-0.25, -0.2) is 4.39 Å². The fraction of sp³-hybridized carbons (Fsp3) is 0.0741. The SMILES string of the molecule is O=C1C(=O)N(Cc2ccc(F)cc2)C(c2ccncc2)/C1=C(/O)c1ccc2ccccc2c1. The number of halogens is 1. The van der Waals surface area contributed by atoms with Crippen molar-refractivity contribution in [2.45, 2.75) is 12.6 Å². The molecule has 1 aromatic heterocycles. The van der Waals surface area contributed by atoms with Crippen LogP contribution in [0.25, 0.3) is 16.5 Å². The second-order valence-electron chi connectivity index (χ2n) is 7.90. The highest BCUT2D eigenvalue weighted by Crippen LogP contribution is 2.40. The maximum Gasteiger partial charge on any atom is 0.295 e. The molecule has 5 nitrogen and oxygen atoms in total. The number of carbonyl (C=O) groups is 2. The van der Waals surface area contributed by atoms with E-state index in [0.717, 1.165) is 10.8 Å². The molecule has 1 aliphatic rings. The van der Waals surface area contributed by atoms with E-state index < -0.39 is 17.7 Å². The molecule has 5 rings (SSSR count). The molecule has 162 valence electrons. The van der Waals surface area contributed by atoms with Crippen LogP contribution in [0.3, 0.4) is 0 Å². The van der Waals surface area contributed by atoms with Gasteiger partial charge in [0.15, 0.2) is 0 Å². The number of likely N-dealkylation sites (tertiary alicyclic amines) is 1. The van der Waals surface area contributed by atoms with Crippen LogP contribution in [0.15, 0.2) is 96.8 Å². The predicted molar refractivity (Wildman–Crippen MR) is 122 cm³/mol. The minimum Gasteiger partial charge on any atom is -0.507 e. The summed E-state index contributed by atoms with van der Waals surface area (Å²) in [7, 11) is 0. The number of fused-ring (bicyclic) bond motifs is 1. The standard InChI is InChI=1S/C27H19FN2O3/c28-22-9-5-17(6-10-22)16-30-24(19-11-13-29-14-12-19)23(26(32)27(30)33)25(31)21-8-7-18-3-1-2-4-20(18)15-21/h1-15,24,31H,16H2/b25-23-. The summed E-state index contributed by atoms with van der Waals surface area (Å²) in [6.07, 6.45) is 3.15. The number of rotatable bonds is 4. The summed E-state index contributed by atoms with van der Waals surface area (Å²) < 4.78 is 13.4. The lowest BCUT2D eigenvalue weighted by atomic mass is 9.95. The highest BCUT2D eigenvalue weighted by molar-refractivity contribution is 6.46. The molecule has 1 amide bonds. The topological polar surface area (TPSA) is 70.5 Å². The summed E-state index contributed by atoms with van der Waals surface area (Å²) >= 11 is 0. The van der Waals surface area contributed by atoms with E-state index in [-0.39, 0.29) is 23.7 Å². The van der Waals surface area contributed by atoms with Crippen molar-refractivity contribution in [1.29, 1.82) is 0 Å². The van der Waals surface area contributed by atoms with Crippen LogP contribution in [-0.4, -0.2) is 26.7 Å². The van der Waals surface area contributed by atoms with Crippen molar-refractivity contribution in [2.24, 2.45) is 0 Å². The van der Waals surface area contributed by atoms with Gasteiger partial charge in [-0.1, -0.05) is 48.5 Å². The molecular formula is C27H19FN2O3. The van der Waals surface area contributed by atoms with Gasteiger partial charge >= 0.3 is 0 Å². The molecule has 2 heterocycles. The van der Waals surface area contributed by atoms with Crippen LogP contribution in [0.4, 0.5) is 4.39 Å². The Kier molecular flexibility index (Phi) is 5.18. The molecule has 6 heteroatoms. The highest BCUT2D eigenvalue weighted by Gasteiger charge is 2.46. The van der Waals surface area contributed by atoms with Crippen molar-refractivity contribution in [3.8, 4) is 0 Å². The van der Waals surface area contributed by atoms with Crippen LogP contribution < -0.4 is 0 Å². The summed E-state index contributed by atoms with van der Waals surface area (Å²) in [6.45, 7) is 0.0896. The van der Waals surface area contributed by atoms with E-state index in [1.165, 1.54) is 17.0 Å². The first kappa shape index (κ1) is 20.6. The number of aromatic nitrogens is 1. The van der Waals surface area contributed by atoms with Gasteiger partial charge in [-0.05, 0) is 52.2 Å². The van der Waals surface area contributed by atoms with Crippen molar-refractivity contribution in [1.82, 2.24) is 9.88 Å². The fourth-order valence-corrected chi connectivity index (χ4v) is 4.21. The number of benzene rings is 3. The minimum atomic E-state index is -0.801. The third kappa shape index (κ3) is 3.76. The maximum atomic E-state index is 13.4. The molecule has 4 aromatic rings. The number of amides is 1. The highest BCUT2D eigenvalue weighted by atomic mass is 19.1. The number of carbonyl (C=O) groups excluding carboxylic acids is 2. The van der Waals surface area contributed by atoms with Crippen molar-refractivity contribution in [2.75, 3.05) is 0 Å². The quantitative estimate of drug-likeness (QED) is 0.277. The summed E-state index contributed by atoms with van der Waals surface area (Å²) in [5, 5.41) is 13.1. The largest absolute Gasteiger partial charge is 0.507 e. The Bertz CT molecular complexity index is 1400. The van der Waals surface area contributed by atoms with Gasteiger partial charge in [0.25, 0.3) is 11.7 Å². The number of hydrogen-bond donors (Lipinski definition) is 1. The van der Waals surface area contributed by atoms with Crippen LogP contribution >= 0.6 is 0 Å². The molecule has 33 heavy (non-hydrogen) atoms.